The molecule has 0 aromatic heterocycles. The van der Waals surface area contributed by atoms with Crippen molar-refractivity contribution in [3.63, 3.8) is 0 Å². The Morgan fingerprint density at radius 2 is 1.73 bits per heavy atom. The lowest BCUT2D eigenvalue weighted by atomic mass is 10.0. The van der Waals surface area contributed by atoms with Gasteiger partial charge < -0.3 is 20.4 Å². The molecule has 2 aromatic carbocycles. The lowest BCUT2D eigenvalue weighted by Crippen LogP contribution is -2.63. The average molecular weight is 452 g/mol. The van der Waals surface area contributed by atoms with E-state index in [0.29, 0.717) is 18.5 Å². The number of hydrogen-bond donors (Lipinski definition) is 2. The Morgan fingerprint density at radius 1 is 0.970 bits per heavy atom. The van der Waals surface area contributed by atoms with Gasteiger partial charge in [0.15, 0.2) is 0 Å². The first kappa shape index (κ1) is 22.4. The molecule has 2 heterocycles. The fourth-order valence-corrected chi connectivity index (χ4v) is 4.16. The first-order chi connectivity index (χ1) is 15.9. The average Bonchev–Trinajstić information content (AvgIpc) is 2.84. The topological polar surface area (TPSA) is 98.8 Å². The maximum absolute atomic E-state index is 13.6. The van der Waals surface area contributed by atoms with Gasteiger partial charge in [-0.3, -0.25) is 19.2 Å². The van der Waals surface area contributed by atoms with Crippen LogP contribution in [0, 0.1) is 5.82 Å². The number of benzene rings is 2. The van der Waals surface area contributed by atoms with Crippen molar-refractivity contribution in [3.05, 3.63) is 71.5 Å². The van der Waals surface area contributed by atoms with Crippen LogP contribution in [0.5, 0.6) is 0 Å². The highest BCUT2D eigenvalue weighted by Gasteiger charge is 2.39. The summed E-state index contributed by atoms with van der Waals surface area (Å²) in [6.45, 7) is 0.822. The molecule has 0 spiro atoms. The van der Waals surface area contributed by atoms with Gasteiger partial charge >= 0.3 is 0 Å². The second kappa shape index (κ2) is 9.81. The number of carbonyl (C=O) groups excluding carboxylic acids is 4. The molecule has 4 rings (SSSR count). The van der Waals surface area contributed by atoms with Crippen molar-refractivity contribution in [1.29, 1.82) is 0 Å². The number of carbonyl (C=O) groups is 4. The van der Waals surface area contributed by atoms with E-state index in [1.807, 2.05) is 0 Å². The molecule has 2 aliphatic heterocycles. The molecule has 4 amide bonds. The number of amides is 4. The van der Waals surface area contributed by atoms with Crippen molar-refractivity contribution in [2.75, 3.05) is 26.2 Å². The summed E-state index contributed by atoms with van der Waals surface area (Å²) in [4.78, 5) is 54.4. The predicted octanol–water partition coefficient (Wildman–Crippen LogP) is 1.19. The van der Waals surface area contributed by atoms with Gasteiger partial charge in [-0.05, 0) is 43.2 Å². The van der Waals surface area contributed by atoms with Crippen LogP contribution in [0.3, 0.4) is 0 Å². The summed E-state index contributed by atoms with van der Waals surface area (Å²) in [5.41, 5.74) is 0.597. The fourth-order valence-electron chi connectivity index (χ4n) is 4.16. The van der Waals surface area contributed by atoms with Gasteiger partial charge in [-0.25, -0.2) is 4.39 Å². The summed E-state index contributed by atoms with van der Waals surface area (Å²) in [5.74, 6) is -2.05. The monoisotopic (exact) mass is 452 g/mol. The van der Waals surface area contributed by atoms with E-state index in [9.17, 15) is 23.6 Å². The van der Waals surface area contributed by atoms with Crippen LogP contribution in [-0.4, -0.2) is 71.7 Å². The summed E-state index contributed by atoms with van der Waals surface area (Å²) in [6, 6.07) is 12.3. The van der Waals surface area contributed by atoms with Crippen LogP contribution in [-0.2, 0) is 9.59 Å². The Morgan fingerprint density at radius 3 is 2.45 bits per heavy atom. The summed E-state index contributed by atoms with van der Waals surface area (Å²) >= 11 is 0. The zero-order valence-electron chi connectivity index (χ0n) is 18.0. The Balaban J connectivity index is 1.56. The minimum atomic E-state index is -0.987. The molecule has 0 radical (unpaired) electrons. The second-order valence-electron chi connectivity index (χ2n) is 8.14. The number of nitrogens with one attached hydrogen (secondary N) is 2. The molecule has 2 N–H and O–H groups in total. The highest BCUT2D eigenvalue weighted by molar-refractivity contribution is 6.00. The van der Waals surface area contributed by atoms with Gasteiger partial charge in [0.2, 0.25) is 11.8 Å². The van der Waals surface area contributed by atoms with E-state index in [4.69, 9.17) is 0 Å². The molecular formula is C24H25FN4O4. The molecule has 0 aliphatic carbocycles. The van der Waals surface area contributed by atoms with Crippen molar-refractivity contribution >= 4 is 23.6 Å². The second-order valence-corrected chi connectivity index (χ2v) is 8.14. The van der Waals surface area contributed by atoms with Gasteiger partial charge in [0, 0.05) is 30.8 Å². The highest BCUT2D eigenvalue weighted by atomic mass is 19.1. The quantitative estimate of drug-likeness (QED) is 0.728. The van der Waals surface area contributed by atoms with Gasteiger partial charge in [-0.2, -0.15) is 0 Å². The molecule has 2 saturated heterocycles. The van der Waals surface area contributed by atoms with E-state index >= 15 is 0 Å². The normalized spacial score (nSPS) is 20.7. The first-order valence-electron chi connectivity index (χ1n) is 10.9. The van der Waals surface area contributed by atoms with E-state index in [2.05, 4.69) is 10.6 Å². The third kappa shape index (κ3) is 5.02. The Labute approximate surface area is 190 Å². The Hall–Kier alpha value is -3.75. The zero-order valence-corrected chi connectivity index (χ0v) is 18.0. The number of nitrogens with zero attached hydrogens (tertiary/aromatic N) is 2. The molecule has 0 unspecified atom stereocenters. The molecule has 33 heavy (non-hydrogen) atoms. The molecule has 2 atom stereocenters. The molecule has 0 saturated carbocycles. The summed E-state index contributed by atoms with van der Waals surface area (Å²) in [7, 11) is 0. The van der Waals surface area contributed by atoms with E-state index in [1.54, 1.807) is 30.3 Å². The highest BCUT2D eigenvalue weighted by Crippen LogP contribution is 2.18. The zero-order chi connectivity index (χ0) is 23.4. The van der Waals surface area contributed by atoms with Crippen molar-refractivity contribution < 1.29 is 23.6 Å². The van der Waals surface area contributed by atoms with Crippen LogP contribution in [0.2, 0.25) is 0 Å². The number of rotatable bonds is 4. The minimum absolute atomic E-state index is 0.0614. The standard InChI is InChI=1S/C24H25FN4O4/c25-18-9-4-8-17(14-18)23(32)28-12-13-29(24(33)16-6-2-1-3-7-16)20(15-28)22(31)27-19-10-5-11-26-21(19)30/h1-4,6-9,14,19-20H,5,10-13,15H2,(H,26,30)(H,27,31)/t19-,20+/m1/s1. The van der Waals surface area contributed by atoms with Gasteiger partial charge in [0.1, 0.15) is 17.9 Å². The number of hydrogen-bond acceptors (Lipinski definition) is 4. The smallest absolute Gasteiger partial charge is 0.254 e. The summed E-state index contributed by atoms with van der Waals surface area (Å²) < 4.78 is 13.6. The lowest BCUT2D eigenvalue weighted by molar-refractivity contribution is -0.133. The van der Waals surface area contributed by atoms with Gasteiger partial charge in [0.05, 0.1) is 6.54 Å². The van der Waals surface area contributed by atoms with Crippen molar-refractivity contribution in [2.45, 2.75) is 24.9 Å². The molecule has 2 aliphatic rings. The van der Waals surface area contributed by atoms with Crippen LogP contribution in [0.1, 0.15) is 33.6 Å². The summed E-state index contributed by atoms with van der Waals surface area (Å²) in [5, 5.41) is 5.46. The molecule has 8 nitrogen and oxygen atoms in total. The van der Waals surface area contributed by atoms with Crippen LogP contribution in [0.15, 0.2) is 54.6 Å². The Kier molecular flexibility index (Phi) is 6.67. The van der Waals surface area contributed by atoms with E-state index in [0.717, 1.165) is 12.5 Å². The van der Waals surface area contributed by atoms with Crippen molar-refractivity contribution in [1.82, 2.24) is 20.4 Å². The minimum Gasteiger partial charge on any atom is -0.354 e. The van der Waals surface area contributed by atoms with Gasteiger partial charge in [-0.1, -0.05) is 24.3 Å². The number of piperidine rings is 1. The van der Waals surface area contributed by atoms with Gasteiger partial charge in [0.25, 0.3) is 11.8 Å². The molecule has 9 heteroatoms. The fraction of sp³-hybridized carbons (Fsp3) is 0.333. The molecule has 2 fully saturated rings. The third-order valence-electron chi connectivity index (χ3n) is 5.93. The molecule has 0 bridgehead atoms. The molecule has 172 valence electrons. The number of halogens is 1. The summed E-state index contributed by atoms with van der Waals surface area (Å²) in [6.07, 6.45) is 1.24. The Bertz CT molecular complexity index is 1060. The maximum atomic E-state index is 13.6. The van der Waals surface area contributed by atoms with E-state index in [1.165, 1.54) is 28.0 Å². The number of piperazine rings is 1. The maximum Gasteiger partial charge on any atom is 0.254 e. The van der Waals surface area contributed by atoms with Crippen LogP contribution < -0.4 is 10.6 Å². The van der Waals surface area contributed by atoms with Crippen molar-refractivity contribution in [2.24, 2.45) is 0 Å². The molecule has 2 aromatic rings. The first-order valence-corrected chi connectivity index (χ1v) is 10.9. The predicted molar refractivity (Wildman–Crippen MR) is 118 cm³/mol. The van der Waals surface area contributed by atoms with Crippen molar-refractivity contribution in [3.8, 4) is 0 Å². The molecular weight excluding hydrogens is 427 g/mol. The van der Waals surface area contributed by atoms with E-state index in [-0.39, 0.29) is 37.0 Å². The van der Waals surface area contributed by atoms with E-state index < -0.39 is 29.7 Å². The van der Waals surface area contributed by atoms with Crippen LogP contribution in [0.25, 0.3) is 0 Å². The van der Waals surface area contributed by atoms with Gasteiger partial charge in [-0.15, -0.1) is 0 Å². The lowest BCUT2D eigenvalue weighted by Gasteiger charge is -2.41. The van der Waals surface area contributed by atoms with Crippen LogP contribution >= 0.6 is 0 Å². The van der Waals surface area contributed by atoms with Crippen LogP contribution in [0.4, 0.5) is 4.39 Å². The largest absolute Gasteiger partial charge is 0.354 e. The SMILES string of the molecule is O=C1NCCC[C@H]1NC(=O)[C@@H]1CN(C(=O)c2cccc(F)c2)CCN1C(=O)c1ccccc1. The third-order valence-corrected chi connectivity index (χ3v) is 5.93.